The van der Waals surface area contributed by atoms with Gasteiger partial charge in [-0.25, -0.2) is 0 Å². The first-order valence-corrected chi connectivity index (χ1v) is 5.83. The Balaban J connectivity index is 2.36. The summed E-state index contributed by atoms with van der Waals surface area (Å²) in [6.07, 6.45) is 2.53. The summed E-state index contributed by atoms with van der Waals surface area (Å²) in [4.78, 5) is 15.3. The van der Waals surface area contributed by atoms with E-state index in [2.05, 4.69) is 9.80 Å². The molecule has 1 aliphatic rings. The Morgan fingerprint density at radius 2 is 2.25 bits per heavy atom. The van der Waals surface area contributed by atoms with Gasteiger partial charge in [-0.15, -0.1) is 0 Å². The van der Waals surface area contributed by atoms with Crippen LogP contribution in [0, 0.1) is 0 Å². The number of rotatable bonds is 5. The van der Waals surface area contributed by atoms with Crippen LogP contribution < -0.4 is 5.73 Å². The number of piperidine rings is 1. The zero-order valence-corrected chi connectivity index (χ0v) is 10.3. The van der Waals surface area contributed by atoms with Gasteiger partial charge in [-0.3, -0.25) is 4.79 Å². The molecule has 1 saturated heterocycles. The van der Waals surface area contributed by atoms with Crippen molar-refractivity contribution >= 4 is 5.97 Å². The fourth-order valence-electron chi connectivity index (χ4n) is 2.15. The standard InChI is InChI=1S/C11H23N3O2/c1-13(2)6-4-8-14-7-3-5-11(12,9-14)10(15)16/h3-9,12H2,1-2H3,(H,15,16). The average Bonchev–Trinajstić information content (AvgIpc) is 2.17. The third-order valence-electron chi connectivity index (χ3n) is 3.11. The van der Waals surface area contributed by atoms with Gasteiger partial charge in [0.2, 0.25) is 0 Å². The van der Waals surface area contributed by atoms with Crippen molar-refractivity contribution in [2.45, 2.75) is 24.8 Å². The molecule has 1 aliphatic heterocycles. The lowest BCUT2D eigenvalue weighted by molar-refractivity contribution is -0.145. The summed E-state index contributed by atoms with van der Waals surface area (Å²) >= 11 is 0. The van der Waals surface area contributed by atoms with Crippen molar-refractivity contribution in [3.63, 3.8) is 0 Å². The Bertz CT molecular complexity index is 245. The van der Waals surface area contributed by atoms with Gasteiger partial charge in [-0.2, -0.15) is 0 Å². The smallest absolute Gasteiger partial charge is 0.325 e. The average molecular weight is 229 g/mol. The highest BCUT2D eigenvalue weighted by atomic mass is 16.4. The van der Waals surface area contributed by atoms with Crippen LogP contribution in [0.4, 0.5) is 0 Å². The molecule has 0 aromatic carbocycles. The molecule has 1 rings (SSSR count). The van der Waals surface area contributed by atoms with Gasteiger partial charge in [0.15, 0.2) is 0 Å². The van der Waals surface area contributed by atoms with Crippen LogP contribution in [0.3, 0.4) is 0 Å². The summed E-state index contributed by atoms with van der Waals surface area (Å²) < 4.78 is 0. The van der Waals surface area contributed by atoms with Crippen LogP contribution in [-0.4, -0.2) is 66.7 Å². The fraction of sp³-hybridized carbons (Fsp3) is 0.909. The van der Waals surface area contributed by atoms with Crippen LogP contribution in [0.5, 0.6) is 0 Å². The van der Waals surface area contributed by atoms with Crippen LogP contribution in [0.15, 0.2) is 0 Å². The molecule has 5 heteroatoms. The zero-order valence-electron chi connectivity index (χ0n) is 10.3. The van der Waals surface area contributed by atoms with E-state index in [1.807, 2.05) is 14.1 Å². The van der Waals surface area contributed by atoms with E-state index in [-0.39, 0.29) is 0 Å². The first-order valence-electron chi connectivity index (χ1n) is 5.83. The third-order valence-corrected chi connectivity index (χ3v) is 3.11. The number of nitrogens with zero attached hydrogens (tertiary/aromatic N) is 2. The fourth-order valence-corrected chi connectivity index (χ4v) is 2.15. The Labute approximate surface area is 97.2 Å². The summed E-state index contributed by atoms with van der Waals surface area (Å²) in [5.74, 6) is -0.871. The number of hydrogen-bond donors (Lipinski definition) is 2. The van der Waals surface area contributed by atoms with Crippen LogP contribution in [0.2, 0.25) is 0 Å². The topological polar surface area (TPSA) is 69.8 Å². The third kappa shape index (κ3) is 3.73. The molecule has 1 unspecified atom stereocenters. The molecule has 16 heavy (non-hydrogen) atoms. The molecule has 5 nitrogen and oxygen atoms in total. The van der Waals surface area contributed by atoms with Crippen molar-refractivity contribution < 1.29 is 9.90 Å². The molecule has 0 aromatic rings. The van der Waals surface area contributed by atoms with Crippen molar-refractivity contribution in [3.05, 3.63) is 0 Å². The summed E-state index contributed by atoms with van der Waals surface area (Å²) in [5.41, 5.74) is 4.84. The number of carbonyl (C=O) groups is 1. The predicted molar refractivity (Wildman–Crippen MR) is 63.4 cm³/mol. The minimum Gasteiger partial charge on any atom is -0.480 e. The zero-order chi connectivity index (χ0) is 12.2. The highest BCUT2D eigenvalue weighted by Crippen LogP contribution is 2.19. The van der Waals surface area contributed by atoms with Gasteiger partial charge in [-0.05, 0) is 53.0 Å². The van der Waals surface area contributed by atoms with Crippen LogP contribution in [-0.2, 0) is 4.79 Å². The SMILES string of the molecule is CN(C)CCCN1CCCC(N)(C(=O)O)C1. The monoisotopic (exact) mass is 229 g/mol. The van der Waals surface area contributed by atoms with Crippen LogP contribution in [0.25, 0.3) is 0 Å². The van der Waals surface area contributed by atoms with E-state index < -0.39 is 11.5 Å². The van der Waals surface area contributed by atoms with E-state index in [0.717, 1.165) is 32.5 Å². The summed E-state index contributed by atoms with van der Waals surface area (Å²) in [5, 5.41) is 9.07. The molecule has 94 valence electrons. The number of hydrogen-bond acceptors (Lipinski definition) is 4. The number of carboxylic acid groups (broad SMARTS) is 1. The number of aliphatic carboxylic acids is 1. The van der Waals surface area contributed by atoms with E-state index >= 15 is 0 Å². The number of carboxylic acids is 1. The van der Waals surface area contributed by atoms with Gasteiger partial charge in [-0.1, -0.05) is 0 Å². The second kappa shape index (κ2) is 5.61. The molecule has 3 N–H and O–H groups in total. The second-order valence-corrected chi connectivity index (χ2v) is 5.00. The highest BCUT2D eigenvalue weighted by molar-refractivity contribution is 5.78. The Kier molecular flexibility index (Phi) is 4.70. The lowest BCUT2D eigenvalue weighted by atomic mass is 9.90. The molecule has 0 aliphatic carbocycles. The molecule has 1 fully saturated rings. The van der Waals surface area contributed by atoms with E-state index in [9.17, 15) is 4.79 Å². The first kappa shape index (κ1) is 13.4. The molecule has 0 aromatic heterocycles. The summed E-state index contributed by atoms with van der Waals surface area (Å²) in [6, 6.07) is 0. The Hall–Kier alpha value is -0.650. The Morgan fingerprint density at radius 3 is 2.81 bits per heavy atom. The highest BCUT2D eigenvalue weighted by Gasteiger charge is 2.38. The largest absolute Gasteiger partial charge is 0.480 e. The second-order valence-electron chi connectivity index (χ2n) is 5.00. The van der Waals surface area contributed by atoms with Gasteiger partial charge in [0.25, 0.3) is 0 Å². The maximum atomic E-state index is 11.0. The van der Waals surface area contributed by atoms with E-state index in [1.54, 1.807) is 0 Å². The summed E-state index contributed by atoms with van der Waals surface area (Å²) in [7, 11) is 4.08. The quantitative estimate of drug-likeness (QED) is 0.684. The minimum absolute atomic E-state index is 0.482. The molecular formula is C11H23N3O2. The van der Waals surface area contributed by atoms with Crippen LogP contribution in [0.1, 0.15) is 19.3 Å². The van der Waals surface area contributed by atoms with E-state index in [1.165, 1.54) is 0 Å². The molecule has 1 atom stereocenters. The molecule has 0 saturated carbocycles. The van der Waals surface area contributed by atoms with Crippen molar-refractivity contribution in [1.29, 1.82) is 0 Å². The lowest BCUT2D eigenvalue weighted by Gasteiger charge is -2.37. The predicted octanol–water partition coefficient (Wildman–Crippen LogP) is -0.184. The lowest BCUT2D eigenvalue weighted by Crippen LogP contribution is -2.59. The van der Waals surface area contributed by atoms with Gasteiger partial charge < -0.3 is 20.6 Å². The van der Waals surface area contributed by atoms with Crippen molar-refractivity contribution in [2.24, 2.45) is 5.73 Å². The maximum absolute atomic E-state index is 11.0. The molecule has 0 spiro atoms. The van der Waals surface area contributed by atoms with Crippen LogP contribution >= 0.6 is 0 Å². The summed E-state index contributed by atoms with van der Waals surface area (Å²) in [6.45, 7) is 3.42. The number of likely N-dealkylation sites (tertiary alicyclic amines) is 1. The van der Waals surface area contributed by atoms with Crippen molar-refractivity contribution in [3.8, 4) is 0 Å². The maximum Gasteiger partial charge on any atom is 0.325 e. The first-order chi connectivity index (χ1) is 7.44. The Morgan fingerprint density at radius 1 is 1.56 bits per heavy atom. The minimum atomic E-state index is -1.03. The van der Waals surface area contributed by atoms with Gasteiger partial charge >= 0.3 is 5.97 Å². The molecule has 0 radical (unpaired) electrons. The van der Waals surface area contributed by atoms with Gasteiger partial charge in [0.1, 0.15) is 5.54 Å². The van der Waals surface area contributed by atoms with Gasteiger partial charge in [0.05, 0.1) is 0 Å². The number of nitrogens with two attached hydrogens (primary N) is 1. The molecule has 0 bridgehead atoms. The molecular weight excluding hydrogens is 206 g/mol. The normalized spacial score (nSPS) is 27.2. The van der Waals surface area contributed by atoms with Crippen molar-refractivity contribution in [1.82, 2.24) is 9.80 Å². The van der Waals surface area contributed by atoms with E-state index in [4.69, 9.17) is 10.8 Å². The van der Waals surface area contributed by atoms with E-state index in [0.29, 0.717) is 13.0 Å². The van der Waals surface area contributed by atoms with Crippen molar-refractivity contribution in [2.75, 3.05) is 40.3 Å². The van der Waals surface area contributed by atoms with Gasteiger partial charge in [0, 0.05) is 6.54 Å². The molecule has 0 amide bonds. The molecule has 1 heterocycles.